The first-order valence-corrected chi connectivity index (χ1v) is 10.8. The molecule has 1 aliphatic heterocycles. The number of ether oxygens (including phenoxy) is 5. The van der Waals surface area contributed by atoms with E-state index in [9.17, 15) is 0 Å². The topological polar surface area (TPSA) is 71.1 Å². The van der Waals surface area contributed by atoms with Crippen molar-refractivity contribution < 1.29 is 23.7 Å². The Hall–Kier alpha value is -2.87. The van der Waals surface area contributed by atoms with Crippen LogP contribution in [0.2, 0.25) is 0 Å². The van der Waals surface area contributed by atoms with Gasteiger partial charge < -0.3 is 29.0 Å². The quantitative estimate of drug-likeness (QED) is 0.547. The molecule has 7 heteroatoms. The van der Waals surface area contributed by atoms with Crippen molar-refractivity contribution in [3.63, 3.8) is 0 Å². The number of rotatable bonds is 9. The summed E-state index contributed by atoms with van der Waals surface area (Å²) in [4.78, 5) is 4.80. The summed E-state index contributed by atoms with van der Waals surface area (Å²) >= 11 is 0. The Morgan fingerprint density at radius 2 is 1.81 bits per heavy atom. The summed E-state index contributed by atoms with van der Waals surface area (Å²) in [5.74, 6) is 1.90. The van der Waals surface area contributed by atoms with Crippen LogP contribution in [0.1, 0.15) is 16.7 Å². The fourth-order valence-electron chi connectivity index (χ4n) is 3.64. The van der Waals surface area contributed by atoms with Gasteiger partial charge in [-0.2, -0.15) is 0 Å². The van der Waals surface area contributed by atoms with Crippen LogP contribution in [0.5, 0.6) is 17.4 Å². The molecule has 0 bridgehead atoms. The Labute approximate surface area is 188 Å². The van der Waals surface area contributed by atoms with Crippen molar-refractivity contribution in [1.82, 2.24) is 10.3 Å². The zero-order valence-electron chi connectivity index (χ0n) is 18.8. The molecule has 1 aliphatic rings. The highest BCUT2D eigenvalue weighted by atomic mass is 16.6. The summed E-state index contributed by atoms with van der Waals surface area (Å²) in [6, 6.07) is 14.2. The Kier molecular flexibility index (Phi) is 7.42. The van der Waals surface area contributed by atoms with E-state index in [4.69, 9.17) is 28.7 Å². The molecule has 1 atom stereocenters. The summed E-state index contributed by atoms with van der Waals surface area (Å²) in [6.07, 6.45) is 0.0541. The lowest BCUT2D eigenvalue weighted by atomic mass is 10.1. The van der Waals surface area contributed by atoms with Gasteiger partial charge in [0.1, 0.15) is 6.61 Å². The molecular formula is C25H30N2O5. The molecule has 170 valence electrons. The Bertz CT molecular complexity index is 1030. The summed E-state index contributed by atoms with van der Waals surface area (Å²) < 4.78 is 28.3. The van der Waals surface area contributed by atoms with Gasteiger partial charge in [-0.05, 0) is 24.6 Å². The second-order valence-electron chi connectivity index (χ2n) is 7.83. The Morgan fingerprint density at radius 3 is 2.53 bits per heavy atom. The number of nitrogens with zero attached hydrogens (tertiary/aromatic N) is 1. The number of aromatic nitrogens is 1. The maximum atomic E-state index is 6.16. The second-order valence-corrected chi connectivity index (χ2v) is 7.83. The molecule has 7 nitrogen and oxygen atoms in total. The van der Waals surface area contributed by atoms with E-state index < -0.39 is 0 Å². The maximum absolute atomic E-state index is 6.16. The normalized spacial score (nSPS) is 16.2. The molecule has 1 N–H and O–H groups in total. The molecule has 1 aromatic heterocycles. The molecule has 0 aliphatic carbocycles. The van der Waals surface area contributed by atoms with Gasteiger partial charge in [-0.1, -0.05) is 29.8 Å². The molecule has 0 spiro atoms. The van der Waals surface area contributed by atoms with E-state index >= 15 is 0 Å². The fourth-order valence-corrected chi connectivity index (χ4v) is 3.64. The average molecular weight is 439 g/mol. The van der Waals surface area contributed by atoms with E-state index in [-0.39, 0.29) is 6.10 Å². The molecule has 2 aromatic carbocycles. The first-order valence-electron chi connectivity index (χ1n) is 10.8. The molecule has 1 fully saturated rings. The van der Waals surface area contributed by atoms with E-state index in [0.717, 1.165) is 22.0 Å². The van der Waals surface area contributed by atoms with Crippen molar-refractivity contribution >= 4 is 10.9 Å². The Morgan fingerprint density at radius 1 is 1.03 bits per heavy atom. The average Bonchev–Trinajstić information content (AvgIpc) is 2.83. The van der Waals surface area contributed by atoms with Gasteiger partial charge in [-0.15, -0.1) is 0 Å². The third-order valence-electron chi connectivity index (χ3n) is 5.43. The minimum Gasteiger partial charge on any atom is -0.493 e. The zero-order valence-corrected chi connectivity index (χ0v) is 18.8. The van der Waals surface area contributed by atoms with E-state index in [2.05, 4.69) is 42.6 Å². The van der Waals surface area contributed by atoms with Crippen molar-refractivity contribution in [3.8, 4) is 17.4 Å². The van der Waals surface area contributed by atoms with Crippen LogP contribution in [0.25, 0.3) is 10.9 Å². The van der Waals surface area contributed by atoms with Crippen molar-refractivity contribution in [2.45, 2.75) is 26.2 Å². The van der Waals surface area contributed by atoms with E-state index in [1.54, 1.807) is 14.2 Å². The summed E-state index contributed by atoms with van der Waals surface area (Å²) in [6.45, 7) is 5.71. The Balaban J connectivity index is 1.57. The molecule has 1 saturated heterocycles. The first-order chi connectivity index (χ1) is 15.7. The molecule has 2 heterocycles. The van der Waals surface area contributed by atoms with Crippen molar-refractivity contribution in [2.24, 2.45) is 0 Å². The van der Waals surface area contributed by atoms with E-state index in [1.165, 1.54) is 5.56 Å². The smallest absolute Gasteiger partial charge is 0.218 e. The van der Waals surface area contributed by atoms with Gasteiger partial charge in [0.15, 0.2) is 11.5 Å². The number of pyridine rings is 1. The summed E-state index contributed by atoms with van der Waals surface area (Å²) in [5, 5.41) is 4.41. The number of methoxy groups -OCH3 is 2. The van der Waals surface area contributed by atoms with E-state index in [0.29, 0.717) is 56.9 Å². The first kappa shape index (κ1) is 22.3. The highest BCUT2D eigenvalue weighted by Gasteiger charge is 2.16. The van der Waals surface area contributed by atoms with Crippen molar-refractivity contribution in [2.75, 3.05) is 40.6 Å². The van der Waals surface area contributed by atoms with Gasteiger partial charge in [-0.3, -0.25) is 0 Å². The largest absolute Gasteiger partial charge is 0.493 e. The molecule has 0 saturated carbocycles. The van der Waals surface area contributed by atoms with Gasteiger partial charge in [0.25, 0.3) is 0 Å². The van der Waals surface area contributed by atoms with Gasteiger partial charge in [0, 0.05) is 30.1 Å². The van der Waals surface area contributed by atoms with Crippen molar-refractivity contribution in [1.29, 1.82) is 0 Å². The van der Waals surface area contributed by atoms with Gasteiger partial charge in [0.05, 0.1) is 45.7 Å². The number of hydrogen-bond acceptors (Lipinski definition) is 7. The molecule has 3 aromatic rings. The van der Waals surface area contributed by atoms with E-state index in [1.807, 2.05) is 12.1 Å². The standard InChI is InChI=1S/C25H30N2O5/c1-17-4-6-18(7-5-17)15-32-25-20(13-26-14-21-16-30-8-9-31-21)10-19-11-23(28-2)24(29-3)12-22(19)27-25/h4-7,10-12,21,26H,8-9,13-16H2,1-3H3/t21-/m0/s1. The van der Waals surface area contributed by atoms with Gasteiger partial charge in [-0.25, -0.2) is 4.98 Å². The van der Waals surface area contributed by atoms with Crippen LogP contribution in [-0.2, 0) is 22.6 Å². The number of aryl methyl sites for hydroxylation is 1. The zero-order chi connectivity index (χ0) is 22.3. The van der Waals surface area contributed by atoms with Crippen LogP contribution in [0.15, 0.2) is 42.5 Å². The second kappa shape index (κ2) is 10.6. The van der Waals surface area contributed by atoms with Crippen molar-refractivity contribution in [3.05, 3.63) is 59.2 Å². The van der Waals surface area contributed by atoms with Crippen LogP contribution in [0.4, 0.5) is 0 Å². The van der Waals surface area contributed by atoms with Gasteiger partial charge in [0.2, 0.25) is 5.88 Å². The van der Waals surface area contributed by atoms with Crippen LogP contribution in [0, 0.1) is 6.92 Å². The van der Waals surface area contributed by atoms with Crippen LogP contribution in [0.3, 0.4) is 0 Å². The van der Waals surface area contributed by atoms with Crippen LogP contribution in [-0.4, -0.2) is 51.7 Å². The fraction of sp³-hybridized carbons (Fsp3) is 0.400. The highest BCUT2D eigenvalue weighted by molar-refractivity contribution is 5.84. The highest BCUT2D eigenvalue weighted by Crippen LogP contribution is 2.33. The molecular weight excluding hydrogens is 408 g/mol. The van der Waals surface area contributed by atoms with Crippen LogP contribution >= 0.6 is 0 Å². The summed E-state index contributed by atoms with van der Waals surface area (Å²) in [5.41, 5.74) is 4.07. The third-order valence-corrected chi connectivity index (χ3v) is 5.43. The SMILES string of the molecule is COc1cc2cc(CNC[C@H]3COCCO3)c(OCc3ccc(C)cc3)nc2cc1OC. The number of hydrogen-bond donors (Lipinski definition) is 1. The summed E-state index contributed by atoms with van der Waals surface area (Å²) in [7, 11) is 3.25. The molecule has 0 amide bonds. The predicted octanol–water partition coefficient (Wildman–Crippen LogP) is 3.64. The minimum absolute atomic E-state index is 0.0541. The lowest BCUT2D eigenvalue weighted by molar-refractivity contribution is -0.0864. The molecule has 32 heavy (non-hydrogen) atoms. The predicted molar refractivity (Wildman–Crippen MR) is 123 cm³/mol. The van der Waals surface area contributed by atoms with Crippen LogP contribution < -0.4 is 19.5 Å². The number of nitrogens with one attached hydrogen (secondary N) is 1. The number of fused-ring (bicyclic) bond motifs is 1. The third kappa shape index (κ3) is 5.48. The molecule has 4 rings (SSSR count). The maximum Gasteiger partial charge on any atom is 0.218 e. The number of benzene rings is 2. The molecule has 0 unspecified atom stereocenters. The lowest BCUT2D eigenvalue weighted by Gasteiger charge is -2.23. The molecule has 0 radical (unpaired) electrons. The monoisotopic (exact) mass is 438 g/mol. The minimum atomic E-state index is 0.0541. The lowest BCUT2D eigenvalue weighted by Crippen LogP contribution is -2.37. The van der Waals surface area contributed by atoms with Gasteiger partial charge >= 0.3 is 0 Å².